The van der Waals surface area contributed by atoms with Crippen molar-refractivity contribution in [1.82, 2.24) is 0 Å². The van der Waals surface area contributed by atoms with Gasteiger partial charge in [0, 0.05) is 6.42 Å². The van der Waals surface area contributed by atoms with Gasteiger partial charge in [-0.1, -0.05) is 78.1 Å². The minimum atomic E-state index is -0.653. The average molecular weight is 256 g/mol. The molecule has 0 amide bonds. The molecule has 0 aromatic heterocycles. The molecule has 1 unspecified atom stereocenters. The molecule has 1 N–H and O–H groups in total. The topological polar surface area (TPSA) is 37.3 Å². The predicted octanol–water partition coefficient (Wildman–Crippen LogP) is 5.41. The van der Waals surface area contributed by atoms with Crippen LogP contribution in [0.2, 0.25) is 0 Å². The number of hydrogen-bond donors (Lipinski definition) is 1. The lowest BCUT2D eigenvalue weighted by molar-refractivity contribution is -0.137. The van der Waals surface area contributed by atoms with Gasteiger partial charge in [0.25, 0.3) is 0 Å². The van der Waals surface area contributed by atoms with E-state index in [2.05, 4.69) is 13.8 Å². The first-order chi connectivity index (χ1) is 8.70. The molecule has 0 aromatic rings. The third-order valence-electron chi connectivity index (χ3n) is 3.67. The molecular weight excluding hydrogens is 224 g/mol. The molecule has 0 fully saturated rings. The van der Waals surface area contributed by atoms with Gasteiger partial charge in [-0.3, -0.25) is 4.79 Å². The Labute approximate surface area is 113 Å². The molecule has 2 nitrogen and oxygen atoms in total. The van der Waals surface area contributed by atoms with Gasteiger partial charge in [0.2, 0.25) is 0 Å². The van der Waals surface area contributed by atoms with E-state index in [0.29, 0.717) is 6.42 Å². The molecule has 0 spiro atoms. The fourth-order valence-electron chi connectivity index (χ4n) is 2.59. The van der Waals surface area contributed by atoms with E-state index in [-0.39, 0.29) is 0 Å². The lowest BCUT2D eigenvalue weighted by atomic mass is 9.91. The number of hydrogen-bond acceptors (Lipinski definition) is 1. The number of carbonyl (C=O) groups is 1. The SMILES string of the molecule is CCCCCCC(CCC)CCCCCC(=O)O. The number of unbranched alkanes of at least 4 members (excludes halogenated alkanes) is 5. The molecule has 0 rings (SSSR count). The van der Waals surface area contributed by atoms with Crippen molar-refractivity contribution in [2.24, 2.45) is 5.92 Å². The molecular formula is C16H32O2. The van der Waals surface area contributed by atoms with Crippen LogP contribution in [0, 0.1) is 5.92 Å². The van der Waals surface area contributed by atoms with Crippen LogP contribution in [-0.2, 0) is 4.79 Å². The molecule has 0 heterocycles. The summed E-state index contributed by atoms with van der Waals surface area (Å²) in [5.74, 6) is 0.233. The van der Waals surface area contributed by atoms with Gasteiger partial charge in [-0.15, -0.1) is 0 Å². The second-order valence-corrected chi connectivity index (χ2v) is 5.50. The fraction of sp³-hybridized carbons (Fsp3) is 0.938. The predicted molar refractivity (Wildman–Crippen MR) is 77.9 cm³/mol. The third kappa shape index (κ3) is 11.9. The van der Waals surface area contributed by atoms with Crippen molar-refractivity contribution in [3.8, 4) is 0 Å². The van der Waals surface area contributed by atoms with Crippen LogP contribution in [0.15, 0.2) is 0 Å². The lowest BCUT2D eigenvalue weighted by Crippen LogP contribution is -2.01. The minimum absolute atomic E-state index is 0.342. The van der Waals surface area contributed by atoms with Crippen LogP contribution < -0.4 is 0 Å². The molecule has 0 radical (unpaired) electrons. The number of aliphatic carboxylic acids is 1. The normalized spacial score (nSPS) is 12.6. The quantitative estimate of drug-likeness (QED) is 0.447. The summed E-state index contributed by atoms with van der Waals surface area (Å²) in [7, 11) is 0. The van der Waals surface area contributed by atoms with Gasteiger partial charge in [0.05, 0.1) is 0 Å². The van der Waals surface area contributed by atoms with E-state index in [4.69, 9.17) is 5.11 Å². The van der Waals surface area contributed by atoms with Crippen molar-refractivity contribution in [3.05, 3.63) is 0 Å². The van der Waals surface area contributed by atoms with Crippen LogP contribution in [-0.4, -0.2) is 11.1 Å². The Balaban J connectivity index is 3.52. The molecule has 2 heteroatoms. The maximum absolute atomic E-state index is 10.4. The van der Waals surface area contributed by atoms with E-state index in [0.717, 1.165) is 18.8 Å². The van der Waals surface area contributed by atoms with Gasteiger partial charge in [-0.2, -0.15) is 0 Å². The zero-order valence-corrected chi connectivity index (χ0v) is 12.4. The smallest absolute Gasteiger partial charge is 0.303 e. The Kier molecular flexibility index (Phi) is 12.5. The summed E-state index contributed by atoms with van der Waals surface area (Å²) in [6, 6.07) is 0. The zero-order chi connectivity index (χ0) is 13.6. The highest BCUT2D eigenvalue weighted by molar-refractivity contribution is 5.66. The molecule has 18 heavy (non-hydrogen) atoms. The molecule has 0 aliphatic rings. The van der Waals surface area contributed by atoms with E-state index in [1.807, 2.05) is 0 Å². The van der Waals surface area contributed by atoms with Crippen molar-refractivity contribution in [2.45, 2.75) is 90.9 Å². The second-order valence-electron chi connectivity index (χ2n) is 5.50. The second kappa shape index (κ2) is 12.9. The first-order valence-corrected chi connectivity index (χ1v) is 7.92. The molecule has 0 aliphatic heterocycles. The van der Waals surface area contributed by atoms with E-state index < -0.39 is 5.97 Å². The Hall–Kier alpha value is -0.530. The van der Waals surface area contributed by atoms with Crippen LogP contribution in [0.3, 0.4) is 0 Å². The Morgan fingerprint density at radius 3 is 1.94 bits per heavy atom. The van der Waals surface area contributed by atoms with Crippen molar-refractivity contribution in [1.29, 1.82) is 0 Å². The molecule has 0 aliphatic carbocycles. The van der Waals surface area contributed by atoms with Gasteiger partial charge in [-0.25, -0.2) is 0 Å². The van der Waals surface area contributed by atoms with Crippen LogP contribution in [0.4, 0.5) is 0 Å². The molecule has 108 valence electrons. The summed E-state index contributed by atoms with van der Waals surface area (Å²) in [5.41, 5.74) is 0. The monoisotopic (exact) mass is 256 g/mol. The van der Waals surface area contributed by atoms with Crippen molar-refractivity contribution < 1.29 is 9.90 Å². The van der Waals surface area contributed by atoms with Crippen molar-refractivity contribution >= 4 is 5.97 Å². The summed E-state index contributed by atoms with van der Waals surface area (Å²) in [6.45, 7) is 4.52. The van der Waals surface area contributed by atoms with Crippen LogP contribution in [0.25, 0.3) is 0 Å². The maximum Gasteiger partial charge on any atom is 0.303 e. The van der Waals surface area contributed by atoms with Gasteiger partial charge < -0.3 is 5.11 Å². The van der Waals surface area contributed by atoms with Gasteiger partial charge in [0.15, 0.2) is 0 Å². The summed E-state index contributed by atoms with van der Waals surface area (Å²) in [5, 5.41) is 8.57. The van der Waals surface area contributed by atoms with Crippen molar-refractivity contribution in [2.75, 3.05) is 0 Å². The largest absolute Gasteiger partial charge is 0.481 e. The van der Waals surface area contributed by atoms with E-state index in [1.54, 1.807) is 0 Å². The Morgan fingerprint density at radius 2 is 1.44 bits per heavy atom. The zero-order valence-electron chi connectivity index (χ0n) is 12.4. The lowest BCUT2D eigenvalue weighted by Gasteiger charge is -2.15. The minimum Gasteiger partial charge on any atom is -0.481 e. The Bertz CT molecular complexity index is 190. The van der Waals surface area contributed by atoms with E-state index in [1.165, 1.54) is 57.8 Å². The number of carboxylic acid groups (broad SMARTS) is 1. The van der Waals surface area contributed by atoms with Crippen LogP contribution in [0.5, 0.6) is 0 Å². The summed E-state index contributed by atoms with van der Waals surface area (Å²) >= 11 is 0. The highest BCUT2D eigenvalue weighted by atomic mass is 16.4. The first-order valence-electron chi connectivity index (χ1n) is 7.92. The molecule has 0 aromatic carbocycles. The maximum atomic E-state index is 10.4. The fourth-order valence-corrected chi connectivity index (χ4v) is 2.59. The van der Waals surface area contributed by atoms with E-state index in [9.17, 15) is 4.79 Å². The summed E-state index contributed by atoms with van der Waals surface area (Å²) in [4.78, 5) is 10.4. The van der Waals surface area contributed by atoms with Crippen LogP contribution in [0.1, 0.15) is 90.9 Å². The first kappa shape index (κ1) is 17.5. The molecule has 0 bridgehead atoms. The van der Waals surface area contributed by atoms with Crippen molar-refractivity contribution in [3.63, 3.8) is 0 Å². The number of carboxylic acids is 1. The standard InChI is InChI=1S/C16H32O2/c1-3-5-6-8-12-15(11-4-2)13-9-7-10-14-16(17)18/h15H,3-14H2,1-2H3,(H,17,18). The van der Waals surface area contributed by atoms with Gasteiger partial charge in [0.1, 0.15) is 0 Å². The molecule has 1 atom stereocenters. The van der Waals surface area contributed by atoms with Crippen LogP contribution >= 0.6 is 0 Å². The average Bonchev–Trinajstić information content (AvgIpc) is 2.33. The Morgan fingerprint density at radius 1 is 0.833 bits per heavy atom. The molecule has 0 saturated carbocycles. The number of rotatable bonds is 13. The highest BCUT2D eigenvalue weighted by Crippen LogP contribution is 2.22. The van der Waals surface area contributed by atoms with Gasteiger partial charge in [-0.05, 0) is 12.3 Å². The summed E-state index contributed by atoms with van der Waals surface area (Å²) < 4.78 is 0. The molecule has 0 saturated heterocycles. The third-order valence-corrected chi connectivity index (χ3v) is 3.67. The highest BCUT2D eigenvalue weighted by Gasteiger charge is 2.07. The van der Waals surface area contributed by atoms with Gasteiger partial charge >= 0.3 is 5.97 Å². The van der Waals surface area contributed by atoms with E-state index >= 15 is 0 Å². The summed E-state index contributed by atoms with van der Waals surface area (Å²) in [6.07, 6.45) is 14.3.